The molecule has 2 rings (SSSR count). The highest BCUT2D eigenvalue weighted by molar-refractivity contribution is 7.89. The molecule has 1 atom stereocenters. The lowest BCUT2D eigenvalue weighted by atomic mass is 10.1. The molecular formula is C14H19N3O3S. The lowest BCUT2D eigenvalue weighted by Gasteiger charge is -2.23. The topological polar surface area (TPSA) is 75.4 Å². The second-order valence-corrected chi connectivity index (χ2v) is 6.97. The summed E-state index contributed by atoms with van der Waals surface area (Å²) in [4.78, 5) is 4.09. The van der Waals surface area contributed by atoms with Crippen LogP contribution in [0, 0.1) is 6.92 Å². The van der Waals surface area contributed by atoms with Gasteiger partial charge in [-0.3, -0.25) is 0 Å². The maximum absolute atomic E-state index is 12.6. The molecule has 0 saturated carbocycles. The molecule has 0 aliphatic rings. The Hall–Kier alpha value is -1.86. The van der Waals surface area contributed by atoms with E-state index in [1.807, 2.05) is 0 Å². The van der Waals surface area contributed by atoms with Gasteiger partial charge in [-0.15, -0.1) is 0 Å². The summed E-state index contributed by atoms with van der Waals surface area (Å²) in [5.41, 5.74) is 0.798. The SMILES string of the molecule is Cc1nc(S(=O)(=O)N(C)C(C)c2ccc(O)cc2)cn1C. The molecule has 1 unspecified atom stereocenters. The van der Waals surface area contributed by atoms with Crippen LogP contribution in [0.3, 0.4) is 0 Å². The molecule has 0 spiro atoms. The molecule has 1 heterocycles. The van der Waals surface area contributed by atoms with E-state index in [0.717, 1.165) is 5.56 Å². The summed E-state index contributed by atoms with van der Waals surface area (Å²) in [6, 6.07) is 6.12. The van der Waals surface area contributed by atoms with Crippen molar-refractivity contribution in [1.29, 1.82) is 0 Å². The van der Waals surface area contributed by atoms with Crippen molar-refractivity contribution in [2.75, 3.05) is 7.05 Å². The molecule has 6 nitrogen and oxygen atoms in total. The van der Waals surface area contributed by atoms with Crippen LogP contribution in [0.25, 0.3) is 0 Å². The fourth-order valence-electron chi connectivity index (χ4n) is 1.97. The molecule has 0 bridgehead atoms. The monoisotopic (exact) mass is 309 g/mol. The van der Waals surface area contributed by atoms with Gasteiger partial charge in [0, 0.05) is 26.3 Å². The molecule has 1 aromatic carbocycles. The molecule has 114 valence electrons. The maximum atomic E-state index is 12.6. The zero-order valence-corrected chi connectivity index (χ0v) is 13.3. The second-order valence-electron chi connectivity index (χ2n) is 5.03. The number of nitrogens with zero attached hydrogens (tertiary/aromatic N) is 3. The quantitative estimate of drug-likeness (QED) is 0.934. The van der Waals surface area contributed by atoms with Crippen molar-refractivity contribution in [3.63, 3.8) is 0 Å². The summed E-state index contributed by atoms with van der Waals surface area (Å²) in [7, 11) is -0.380. The Labute approximate surface area is 124 Å². The van der Waals surface area contributed by atoms with Gasteiger partial charge in [0.1, 0.15) is 11.6 Å². The number of phenols is 1. The molecule has 1 aromatic heterocycles. The third kappa shape index (κ3) is 2.93. The minimum absolute atomic E-state index is 0.0376. The smallest absolute Gasteiger partial charge is 0.262 e. The molecule has 1 N–H and O–H groups in total. The predicted octanol–water partition coefficient (Wildman–Crippen LogP) is 1.82. The van der Waals surface area contributed by atoms with Crippen molar-refractivity contribution in [2.45, 2.75) is 24.9 Å². The number of phenolic OH excluding ortho intramolecular Hbond substituents is 1. The van der Waals surface area contributed by atoms with Crippen molar-refractivity contribution in [3.05, 3.63) is 41.9 Å². The first-order valence-corrected chi connectivity index (χ1v) is 7.94. The van der Waals surface area contributed by atoms with E-state index in [9.17, 15) is 13.5 Å². The van der Waals surface area contributed by atoms with Crippen LogP contribution in [0.5, 0.6) is 5.75 Å². The summed E-state index contributed by atoms with van der Waals surface area (Å²) in [6.45, 7) is 3.54. The summed E-state index contributed by atoms with van der Waals surface area (Å²) < 4.78 is 28.1. The van der Waals surface area contributed by atoms with Crippen molar-refractivity contribution < 1.29 is 13.5 Å². The number of aryl methyl sites for hydroxylation is 2. The first kappa shape index (κ1) is 15.5. The van der Waals surface area contributed by atoms with Gasteiger partial charge in [0.05, 0.1) is 0 Å². The lowest BCUT2D eigenvalue weighted by molar-refractivity contribution is 0.396. The van der Waals surface area contributed by atoms with Crippen LogP contribution in [-0.4, -0.2) is 34.4 Å². The molecule has 7 heteroatoms. The zero-order valence-electron chi connectivity index (χ0n) is 12.5. The van der Waals surface area contributed by atoms with Crippen LogP contribution < -0.4 is 0 Å². The van der Waals surface area contributed by atoms with E-state index in [-0.39, 0.29) is 16.8 Å². The molecule has 0 radical (unpaired) electrons. The number of benzene rings is 1. The second kappa shape index (κ2) is 5.50. The molecular weight excluding hydrogens is 290 g/mol. The van der Waals surface area contributed by atoms with Gasteiger partial charge in [-0.05, 0) is 31.5 Å². The Morgan fingerprint density at radius 3 is 2.33 bits per heavy atom. The Morgan fingerprint density at radius 2 is 1.86 bits per heavy atom. The molecule has 2 aromatic rings. The predicted molar refractivity (Wildman–Crippen MR) is 79.4 cm³/mol. The number of aromatic nitrogens is 2. The van der Waals surface area contributed by atoms with Gasteiger partial charge in [-0.25, -0.2) is 13.4 Å². The van der Waals surface area contributed by atoms with Gasteiger partial charge in [0.15, 0.2) is 5.03 Å². The summed E-state index contributed by atoms with van der Waals surface area (Å²) in [5.74, 6) is 0.788. The summed E-state index contributed by atoms with van der Waals surface area (Å²) >= 11 is 0. The standard InChI is InChI=1S/C14H19N3O3S/c1-10(12-5-7-13(18)8-6-12)17(4)21(19,20)14-9-16(3)11(2)15-14/h5-10,18H,1-4H3. The highest BCUT2D eigenvalue weighted by Gasteiger charge is 2.28. The van der Waals surface area contributed by atoms with E-state index >= 15 is 0 Å². The number of sulfonamides is 1. The Bertz CT molecular complexity index is 716. The number of hydrogen-bond donors (Lipinski definition) is 1. The van der Waals surface area contributed by atoms with Crippen LogP contribution in [0.1, 0.15) is 24.4 Å². The van der Waals surface area contributed by atoms with Gasteiger partial charge in [0.2, 0.25) is 0 Å². The van der Waals surface area contributed by atoms with Crippen molar-refractivity contribution in [1.82, 2.24) is 13.9 Å². The number of aromatic hydroxyl groups is 1. The minimum Gasteiger partial charge on any atom is -0.508 e. The Kier molecular flexibility index (Phi) is 4.06. The van der Waals surface area contributed by atoms with Crippen LogP contribution >= 0.6 is 0 Å². The van der Waals surface area contributed by atoms with Crippen molar-refractivity contribution >= 4 is 10.0 Å². The highest BCUT2D eigenvalue weighted by atomic mass is 32.2. The molecule has 0 amide bonds. The highest BCUT2D eigenvalue weighted by Crippen LogP contribution is 2.26. The van der Waals surface area contributed by atoms with E-state index in [0.29, 0.717) is 5.82 Å². The van der Waals surface area contributed by atoms with Gasteiger partial charge in [-0.1, -0.05) is 12.1 Å². The van der Waals surface area contributed by atoms with Crippen molar-refractivity contribution in [2.24, 2.45) is 7.05 Å². The van der Waals surface area contributed by atoms with Crippen LogP contribution in [0.15, 0.2) is 35.5 Å². The zero-order chi connectivity index (χ0) is 15.8. The average molecular weight is 309 g/mol. The molecule has 0 aliphatic carbocycles. The first-order valence-electron chi connectivity index (χ1n) is 6.50. The molecule has 0 fully saturated rings. The average Bonchev–Trinajstić information content (AvgIpc) is 2.78. The van der Waals surface area contributed by atoms with Gasteiger partial charge in [0.25, 0.3) is 10.0 Å². The molecule has 21 heavy (non-hydrogen) atoms. The molecule has 0 aliphatic heterocycles. The largest absolute Gasteiger partial charge is 0.508 e. The van der Waals surface area contributed by atoms with Crippen LogP contribution in [0.2, 0.25) is 0 Å². The minimum atomic E-state index is -3.66. The van der Waals surface area contributed by atoms with E-state index in [1.165, 1.54) is 29.7 Å². The lowest BCUT2D eigenvalue weighted by Crippen LogP contribution is -2.30. The van der Waals surface area contributed by atoms with Gasteiger partial charge < -0.3 is 9.67 Å². The van der Waals surface area contributed by atoms with E-state index in [2.05, 4.69) is 4.98 Å². The fourth-order valence-corrected chi connectivity index (χ4v) is 3.34. The Balaban J connectivity index is 2.33. The first-order chi connectivity index (χ1) is 9.73. The maximum Gasteiger partial charge on any atom is 0.262 e. The van der Waals surface area contributed by atoms with Gasteiger partial charge in [-0.2, -0.15) is 4.31 Å². The van der Waals surface area contributed by atoms with E-state index in [4.69, 9.17) is 0 Å². The normalized spacial score (nSPS) is 13.6. The summed E-state index contributed by atoms with van der Waals surface area (Å²) in [5, 5.41) is 9.34. The van der Waals surface area contributed by atoms with Gasteiger partial charge >= 0.3 is 0 Å². The van der Waals surface area contributed by atoms with E-state index < -0.39 is 10.0 Å². The Morgan fingerprint density at radius 1 is 1.29 bits per heavy atom. The summed E-state index contributed by atoms with van der Waals surface area (Å²) in [6.07, 6.45) is 1.50. The third-order valence-corrected chi connectivity index (χ3v) is 5.45. The number of rotatable bonds is 4. The van der Waals surface area contributed by atoms with Crippen molar-refractivity contribution in [3.8, 4) is 5.75 Å². The third-order valence-electron chi connectivity index (χ3n) is 3.65. The molecule has 0 saturated heterocycles. The number of imidazole rings is 1. The fraction of sp³-hybridized carbons (Fsp3) is 0.357. The van der Waals surface area contributed by atoms with E-state index in [1.54, 1.807) is 37.6 Å². The number of hydrogen-bond acceptors (Lipinski definition) is 4. The van der Waals surface area contributed by atoms with Crippen LogP contribution in [-0.2, 0) is 17.1 Å². The van der Waals surface area contributed by atoms with Crippen LogP contribution in [0.4, 0.5) is 0 Å².